The number of carbonyl (C=O) groups is 2. The van der Waals surface area contributed by atoms with E-state index in [0.29, 0.717) is 5.75 Å². The topological polar surface area (TPSA) is 64.6 Å². The summed E-state index contributed by atoms with van der Waals surface area (Å²) in [5.74, 6) is -0.194. The highest BCUT2D eigenvalue weighted by Crippen LogP contribution is 2.30. The molecule has 0 radical (unpaired) electrons. The quantitative estimate of drug-likeness (QED) is 0.786. The zero-order valence-corrected chi connectivity index (χ0v) is 14.0. The Morgan fingerprint density at radius 1 is 1.08 bits per heavy atom. The number of benzene rings is 2. The van der Waals surface area contributed by atoms with Crippen LogP contribution in [-0.2, 0) is 11.0 Å². The minimum Gasteiger partial charge on any atom is -0.497 e. The molecule has 0 fully saturated rings. The number of hydrogen-bond donors (Lipinski definition) is 1. The van der Waals surface area contributed by atoms with Crippen molar-refractivity contribution in [2.24, 2.45) is 0 Å². The Kier molecular flexibility index (Phi) is 5.86. The van der Waals surface area contributed by atoms with E-state index in [0.717, 1.165) is 24.3 Å². The highest BCUT2D eigenvalue weighted by molar-refractivity contribution is 5.97. The fraction of sp³-hybridized carbons (Fsp3) is 0.222. The monoisotopic (exact) mass is 367 g/mol. The average Bonchev–Trinajstić information content (AvgIpc) is 2.59. The Labute approximate surface area is 147 Å². The van der Waals surface area contributed by atoms with Gasteiger partial charge in [-0.05, 0) is 43.3 Å². The highest BCUT2D eigenvalue weighted by Gasteiger charge is 2.30. The van der Waals surface area contributed by atoms with Crippen molar-refractivity contribution >= 4 is 17.4 Å². The zero-order valence-electron chi connectivity index (χ0n) is 14.0. The maximum absolute atomic E-state index is 12.5. The number of hydrogen-bond acceptors (Lipinski definition) is 4. The van der Waals surface area contributed by atoms with E-state index in [1.54, 1.807) is 6.07 Å². The van der Waals surface area contributed by atoms with Crippen molar-refractivity contribution in [1.82, 2.24) is 0 Å². The van der Waals surface area contributed by atoms with Gasteiger partial charge in [0.25, 0.3) is 5.91 Å². The lowest BCUT2D eigenvalue weighted by Gasteiger charge is -2.12. The van der Waals surface area contributed by atoms with Gasteiger partial charge in [0.05, 0.1) is 18.2 Å². The van der Waals surface area contributed by atoms with Gasteiger partial charge in [-0.1, -0.05) is 0 Å². The van der Waals surface area contributed by atoms with Gasteiger partial charge in [-0.25, -0.2) is 0 Å². The van der Waals surface area contributed by atoms with Gasteiger partial charge in [0.2, 0.25) is 0 Å². The van der Waals surface area contributed by atoms with Crippen LogP contribution in [0.25, 0.3) is 0 Å². The van der Waals surface area contributed by atoms with Gasteiger partial charge in [-0.2, -0.15) is 13.2 Å². The maximum atomic E-state index is 12.5. The Balaban J connectivity index is 2.02. The smallest absolute Gasteiger partial charge is 0.416 e. The number of rotatable bonds is 6. The summed E-state index contributed by atoms with van der Waals surface area (Å²) in [6.07, 6.45) is -4.44. The first-order valence-corrected chi connectivity index (χ1v) is 7.49. The van der Waals surface area contributed by atoms with Gasteiger partial charge in [0.1, 0.15) is 11.5 Å². The van der Waals surface area contributed by atoms with E-state index >= 15 is 0 Å². The zero-order chi connectivity index (χ0) is 19.3. The summed E-state index contributed by atoms with van der Waals surface area (Å²) in [6.45, 7) is 0.936. The number of halogens is 3. The van der Waals surface area contributed by atoms with E-state index in [9.17, 15) is 22.8 Å². The van der Waals surface area contributed by atoms with Crippen LogP contribution < -0.4 is 14.8 Å². The lowest BCUT2D eigenvalue weighted by molar-refractivity contribution is -0.137. The van der Waals surface area contributed by atoms with Crippen LogP contribution >= 0.6 is 0 Å². The van der Waals surface area contributed by atoms with Gasteiger partial charge < -0.3 is 14.8 Å². The third-order valence-corrected chi connectivity index (χ3v) is 3.42. The van der Waals surface area contributed by atoms with Gasteiger partial charge in [-0.3, -0.25) is 9.59 Å². The van der Waals surface area contributed by atoms with Gasteiger partial charge in [-0.15, -0.1) is 0 Å². The minimum absolute atomic E-state index is 0.180. The largest absolute Gasteiger partial charge is 0.497 e. The number of carbonyl (C=O) groups excluding carboxylic acids is 2. The molecule has 138 valence electrons. The second kappa shape index (κ2) is 7.90. The number of ether oxygens (including phenoxy) is 2. The molecule has 0 aliphatic carbocycles. The molecule has 0 bridgehead atoms. The molecule has 0 aliphatic heterocycles. The van der Waals surface area contributed by atoms with Crippen LogP contribution in [-0.4, -0.2) is 25.4 Å². The van der Waals surface area contributed by atoms with Crippen molar-refractivity contribution < 1.29 is 32.2 Å². The molecule has 0 unspecified atom stereocenters. The van der Waals surface area contributed by atoms with E-state index in [4.69, 9.17) is 9.47 Å². The Morgan fingerprint density at radius 3 is 2.27 bits per heavy atom. The molecule has 2 rings (SSSR count). The maximum Gasteiger partial charge on any atom is 0.416 e. The molecule has 2 aromatic rings. The third-order valence-electron chi connectivity index (χ3n) is 3.42. The summed E-state index contributed by atoms with van der Waals surface area (Å²) < 4.78 is 47.9. The van der Waals surface area contributed by atoms with Gasteiger partial charge >= 0.3 is 6.18 Å². The molecule has 0 aromatic heterocycles. The molecule has 0 aliphatic rings. The lowest BCUT2D eigenvalue weighted by atomic mass is 10.1. The summed E-state index contributed by atoms with van der Waals surface area (Å²) >= 11 is 0. The van der Waals surface area contributed by atoms with Crippen LogP contribution in [0.15, 0.2) is 42.5 Å². The number of ketones is 1. The molecule has 0 atom stereocenters. The first kappa shape index (κ1) is 19.3. The summed E-state index contributed by atoms with van der Waals surface area (Å²) in [4.78, 5) is 23.5. The summed E-state index contributed by atoms with van der Waals surface area (Å²) in [6, 6.07) is 8.61. The minimum atomic E-state index is -4.44. The van der Waals surface area contributed by atoms with Crippen molar-refractivity contribution in [2.75, 3.05) is 19.0 Å². The SMILES string of the molecule is COc1ccc(C(C)=O)c(OCC(=O)Nc2ccc(C(F)(F)F)cc2)c1. The Bertz CT molecular complexity index is 801. The molecule has 0 saturated carbocycles. The molecule has 1 amide bonds. The van der Waals surface area contributed by atoms with Crippen molar-refractivity contribution in [1.29, 1.82) is 0 Å². The van der Waals surface area contributed by atoms with Crippen LogP contribution in [0.2, 0.25) is 0 Å². The number of methoxy groups -OCH3 is 1. The van der Waals surface area contributed by atoms with Gasteiger partial charge in [0.15, 0.2) is 12.4 Å². The standard InChI is InChI=1S/C18H16F3NO4/c1-11(23)15-8-7-14(25-2)9-16(15)26-10-17(24)22-13-5-3-12(4-6-13)18(19,20)21/h3-9H,10H2,1-2H3,(H,22,24). The normalized spacial score (nSPS) is 11.0. The molecule has 0 heterocycles. The van der Waals surface area contributed by atoms with Crippen molar-refractivity contribution in [3.05, 3.63) is 53.6 Å². The summed E-state index contributed by atoms with van der Waals surface area (Å²) in [5, 5.41) is 2.42. The fourth-order valence-corrected chi connectivity index (χ4v) is 2.12. The molecule has 0 saturated heterocycles. The molecular weight excluding hydrogens is 351 g/mol. The number of anilines is 1. The number of nitrogens with one attached hydrogen (secondary N) is 1. The molecular formula is C18H16F3NO4. The van der Waals surface area contributed by atoms with E-state index < -0.39 is 24.3 Å². The molecule has 2 aromatic carbocycles. The third kappa shape index (κ3) is 4.98. The first-order valence-electron chi connectivity index (χ1n) is 7.49. The Hall–Kier alpha value is -3.03. The van der Waals surface area contributed by atoms with Crippen molar-refractivity contribution in [2.45, 2.75) is 13.1 Å². The van der Waals surface area contributed by atoms with E-state index in [1.165, 1.54) is 26.2 Å². The lowest BCUT2D eigenvalue weighted by Crippen LogP contribution is -2.21. The average molecular weight is 367 g/mol. The molecule has 1 N–H and O–H groups in total. The van der Waals surface area contributed by atoms with Crippen LogP contribution in [0, 0.1) is 0 Å². The number of alkyl halides is 3. The predicted octanol–water partition coefficient (Wildman–Crippen LogP) is 3.93. The van der Waals surface area contributed by atoms with Gasteiger partial charge in [0, 0.05) is 11.8 Å². The van der Waals surface area contributed by atoms with Crippen molar-refractivity contribution in [3.8, 4) is 11.5 Å². The second-order valence-electron chi connectivity index (χ2n) is 5.33. The molecule has 0 spiro atoms. The van der Waals surface area contributed by atoms with E-state index in [1.807, 2.05) is 0 Å². The fourth-order valence-electron chi connectivity index (χ4n) is 2.12. The van der Waals surface area contributed by atoms with Crippen LogP contribution in [0.5, 0.6) is 11.5 Å². The first-order chi connectivity index (χ1) is 12.2. The van der Waals surface area contributed by atoms with Crippen LogP contribution in [0.1, 0.15) is 22.8 Å². The van der Waals surface area contributed by atoms with E-state index in [-0.39, 0.29) is 22.8 Å². The second-order valence-corrected chi connectivity index (χ2v) is 5.33. The molecule has 26 heavy (non-hydrogen) atoms. The number of amides is 1. The summed E-state index contributed by atoms with van der Waals surface area (Å²) in [7, 11) is 1.45. The molecule has 8 heteroatoms. The predicted molar refractivity (Wildman–Crippen MR) is 88.6 cm³/mol. The molecule has 5 nitrogen and oxygen atoms in total. The highest BCUT2D eigenvalue weighted by atomic mass is 19.4. The Morgan fingerprint density at radius 2 is 1.73 bits per heavy atom. The van der Waals surface area contributed by atoms with Crippen molar-refractivity contribution in [3.63, 3.8) is 0 Å². The number of Topliss-reactive ketones (excluding diaryl/α,β-unsaturated/α-hetero) is 1. The van der Waals surface area contributed by atoms with Crippen LogP contribution in [0.3, 0.4) is 0 Å². The van der Waals surface area contributed by atoms with E-state index in [2.05, 4.69) is 5.32 Å². The summed E-state index contributed by atoms with van der Waals surface area (Å²) in [5.41, 5.74) is -0.327. The van der Waals surface area contributed by atoms with Crippen LogP contribution in [0.4, 0.5) is 18.9 Å².